The van der Waals surface area contributed by atoms with Crippen LogP contribution in [0, 0.1) is 0 Å². The van der Waals surface area contributed by atoms with E-state index >= 15 is 0 Å². The molecule has 1 aromatic carbocycles. The van der Waals surface area contributed by atoms with Gasteiger partial charge in [-0.15, -0.1) is 0 Å². The number of methoxy groups -OCH3 is 1. The quantitative estimate of drug-likeness (QED) is 0.898. The third-order valence-electron chi connectivity index (χ3n) is 3.11. The molecular weight excluding hydrogens is 324 g/mol. The Balaban J connectivity index is 2.02. The first-order chi connectivity index (χ1) is 9.49. The van der Waals surface area contributed by atoms with E-state index in [2.05, 4.69) is 21.2 Å². The normalized spacial score (nSPS) is 22.5. The first-order valence-corrected chi connectivity index (χ1v) is 7.34. The van der Waals surface area contributed by atoms with E-state index in [9.17, 15) is 4.79 Å². The van der Waals surface area contributed by atoms with Crippen molar-refractivity contribution < 1.29 is 14.3 Å². The van der Waals surface area contributed by atoms with E-state index in [1.54, 1.807) is 12.0 Å². The SMILES string of the molecule is COc1ccc(NC(=O)N2C[C@@H](C)O[C@@H](C)C2)cc1Br. The van der Waals surface area contributed by atoms with Crippen LogP contribution < -0.4 is 10.1 Å². The van der Waals surface area contributed by atoms with Crippen molar-refractivity contribution in [2.75, 3.05) is 25.5 Å². The molecule has 0 radical (unpaired) electrons. The molecule has 2 amide bonds. The summed E-state index contributed by atoms with van der Waals surface area (Å²) in [6.07, 6.45) is 0.124. The summed E-state index contributed by atoms with van der Waals surface area (Å²) in [7, 11) is 1.61. The number of benzene rings is 1. The van der Waals surface area contributed by atoms with Crippen LogP contribution in [0.5, 0.6) is 5.75 Å². The summed E-state index contributed by atoms with van der Waals surface area (Å²) in [5.41, 5.74) is 0.731. The molecule has 0 saturated carbocycles. The van der Waals surface area contributed by atoms with Crippen molar-refractivity contribution in [3.05, 3.63) is 22.7 Å². The number of carbonyl (C=O) groups is 1. The lowest BCUT2D eigenvalue weighted by Crippen LogP contribution is -2.49. The van der Waals surface area contributed by atoms with Gasteiger partial charge >= 0.3 is 6.03 Å². The summed E-state index contributed by atoms with van der Waals surface area (Å²) < 4.78 is 11.6. The zero-order chi connectivity index (χ0) is 14.7. The molecule has 1 saturated heterocycles. The first kappa shape index (κ1) is 15.1. The molecule has 1 fully saturated rings. The number of rotatable bonds is 2. The van der Waals surface area contributed by atoms with Crippen LogP contribution in [0.2, 0.25) is 0 Å². The maximum Gasteiger partial charge on any atom is 0.322 e. The largest absolute Gasteiger partial charge is 0.496 e. The number of urea groups is 1. The van der Waals surface area contributed by atoms with Crippen molar-refractivity contribution in [3.8, 4) is 5.75 Å². The molecule has 0 spiro atoms. The van der Waals surface area contributed by atoms with Crippen molar-refractivity contribution >= 4 is 27.6 Å². The number of hydrogen-bond donors (Lipinski definition) is 1. The predicted molar refractivity (Wildman–Crippen MR) is 81.3 cm³/mol. The molecule has 0 bridgehead atoms. The Bertz CT molecular complexity index is 485. The Kier molecular flexibility index (Phi) is 4.88. The average molecular weight is 343 g/mol. The summed E-state index contributed by atoms with van der Waals surface area (Å²) in [4.78, 5) is 14.0. The predicted octanol–water partition coefficient (Wildman–Crippen LogP) is 3.10. The van der Waals surface area contributed by atoms with Gasteiger partial charge in [0, 0.05) is 18.8 Å². The highest BCUT2D eigenvalue weighted by Gasteiger charge is 2.25. The Labute approximate surface area is 127 Å². The van der Waals surface area contributed by atoms with Crippen molar-refractivity contribution in [3.63, 3.8) is 0 Å². The van der Waals surface area contributed by atoms with Crippen LogP contribution in [0.1, 0.15) is 13.8 Å². The molecule has 2 rings (SSSR count). The standard InChI is InChI=1S/C14H19BrN2O3/c1-9-7-17(8-10(2)20-9)14(18)16-11-4-5-13(19-3)12(15)6-11/h4-6,9-10H,7-8H2,1-3H3,(H,16,18)/t9-,10+. The summed E-state index contributed by atoms with van der Waals surface area (Å²) in [5.74, 6) is 0.733. The lowest BCUT2D eigenvalue weighted by atomic mass is 10.2. The molecule has 0 aliphatic carbocycles. The highest BCUT2D eigenvalue weighted by molar-refractivity contribution is 9.10. The van der Waals surface area contributed by atoms with Gasteiger partial charge in [0.1, 0.15) is 5.75 Å². The Morgan fingerprint density at radius 1 is 1.40 bits per heavy atom. The Hall–Kier alpha value is -1.27. The topological polar surface area (TPSA) is 50.8 Å². The molecular formula is C14H19BrN2O3. The third-order valence-corrected chi connectivity index (χ3v) is 3.73. The number of morpholine rings is 1. The van der Waals surface area contributed by atoms with Gasteiger partial charge in [-0.05, 0) is 48.0 Å². The molecule has 0 unspecified atom stereocenters. The fourth-order valence-corrected chi connectivity index (χ4v) is 2.83. The smallest absolute Gasteiger partial charge is 0.322 e. The van der Waals surface area contributed by atoms with E-state index in [1.807, 2.05) is 32.0 Å². The molecule has 1 N–H and O–H groups in total. The average Bonchev–Trinajstić information content (AvgIpc) is 2.37. The van der Waals surface area contributed by atoms with Gasteiger partial charge < -0.3 is 19.7 Å². The maximum absolute atomic E-state index is 12.2. The Morgan fingerprint density at radius 2 is 2.05 bits per heavy atom. The lowest BCUT2D eigenvalue weighted by Gasteiger charge is -2.35. The molecule has 6 heteroatoms. The third kappa shape index (κ3) is 3.64. The highest BCUT2D eigenvalue weighted by atomic mass is 79.9. The van der Waals surface area contributed by atoms with Crippen LogP contribution in [0.25, 0.3) is 0 Å². The number of carbonyl (C=O) groups excluding carboxylic acids is 1. The van der Waals surface area contributed by atoms with Gasteiger partial charge in [-0.3, -0.25) is 0 Å². The van der Waals surface area contributed by atoms with Crippen LogP contribution in [-0.4, -0.2) is 43.3 Å². The Morgan fingerprint density at radius 3 is 2.60 bits per heavy atom. The van der Waals surface area contributed by atoms with Gasteiger partial charge in [0.15, 0.2) is 0 Å². The number of halogens is 1. The second kappa shape index (κ2) is 6.45. The number of ether oxygens (including phenoxy) is 2. The van der Waals surface area contributed by atoms with Crippen LogP contribution in [0.3, 0.4) is 0 Å². The minimum Gasteiger partial charge on any atom is -0.496 e. The fraction of sp³-hybridized carbons (Fsp3) is 0.500. The molecule has 1 aliphatic rings. The molecule has 0 aromatic heterocycles. The zero-order valence-electron chi connectivity index (χ0n) is 11.9. The van der Waals surface area contributed by atoms with E-state index in [0.29, 0.717) is 13.1 Å². The number of hydrogen-bond acceptors (Lipinski definition) is 3. The van der Waals surface area contributed by atoms with Crippen molar-refractivity contribution in [2.24, 2.45) is 0 Å². The highest BCUT2D eigenvalue weighted by Crippen LogP contribution is 2.28. The molecule has 20 heavy (non-hydrogen) atoms. The summed E-state index contributed by atoms with van der Waals surface area (Å²) >= 11 is 3.40. The van der Waals surface area contributed by atoms with Gasteiger partial charge in [0.25, 0.3) is 0 Å². The zero-order valence-corrected chi connectivity index (χ0v) is 13.4. The number of nitrogens with one attached hydrogen (secondary N) is 1. The molecule has 1 aliphatic heterocycles. The second-order valence-corrected chi connectivity index (χ2v) is 5.80. The second-order valence-electron chi connectivity index (χ2n) is 4.94. The van der Waals surface area contributed by atoms with Gasteiger partial charge in [0.05, 0.1) is 23.8 Å². The maximum atomic E-state index is 12.2. The van der Waals surface area contributed by atoms with Crippen molar-refractivity contribution in [1.29, 1.82) is 0 Å². The first-order valence-electron chi connectivity index (χ1n) is 6.54. The van der Waals surface area contributed by atoms with Crippen LogP contribution in [0.15, 0.2) is 22.7 Å². The van der Waals surface area contributed by atoms with Gasteiger partial charge in [-0.1, -0.05) is 0 Å². The van der Waals surface area contributed by atoms with Crippen LogP contribution in [-0.2, 0) is 4.74 Å². The minimum absolute atomic E-state index is 0.0621. The van der Waals surface area contributed by atoms with Crippen molar-refractivity contribution in [2.45, 2.75) is 26.1 Å². The minimum atomic E-state index is -0.107. The van der Waals surface area contributed by atoms with Gasteiger partial charge in [-0.25, -0.2) is 4.79 Å². The number of anilines is 1. The number of nitrogens with zero attached hydrogens (tertiary/aromatic N) is 1. The lowest BCUT2D eigenvalue weighted by molar-refractivity contribution is -0.0530. The molecule has 110 valence electrons. The van der Waals surface area contributed by atoms with Crippen LogP contribution in [0.4, 0.5) is 10.5 Å². The van der Waals surface area contributed by atoms with Gasteiger partial charge in [0.2, 0.25) is 0 Å². The van der Waals surface area contributed by atoms with E-state index in [4.69, 9.17) is 9.47 Å². The van der Waals surface area contributed by atoms with Crippen molar-refractivity contribution in [1.82, 2.24) is 4.90 Å². The van der Waals surface area contributed by atoms with E-state index in [-0.39, 0.29) is 18.2 Å². The molecule has 5 nitrogen and oxygen atoms in total. The van der Waals surface area contributed by atoms with Gasteiger partial charge in [-0.2, -0.15) is 0 Å². The van der Waals surface area contributed by atoms with E-state index in [1.165, 1.54) is 0 Å². The molecule has 1 heterocycles. The fourth-order valence-electron chi connectivity index (χ4n) is 2.29. The number of amides is 2. The molecule has 1 aromatic rings. The van der Waals surface area contributed by atoms with E-state index < -0.39 is 0 Å². The summed E-state index contributed by atoms with van der Waals surface area (Å²) in [6, 6.07) is 5.34. The summed E-state index contributed by atoms with van der Waals surface area (Å²) in [5, 5.41) is 2.89. The molecule has 2 atom stereocenters. The van der Waals surface area contributed by atoms with Crippen LogP contribution >= 0.6 is 15.9 Å². The van der Waals surface area contributed by atoms with E-state index in [0.717, 1.165) is 15.9 Å². The summed E-state index contributed by atoms with van der Waals surface area (Å²) in [6.45, 7) is 5.15. The monoisotopic (exact) mass is 342 g/mol.